The van der Waals surface area contributed by atoms with Gasteiger partial charge in [0.2, 0.25) is 0 Å². The molecular formula is C63H122O17P2. The summed E-state index contributed by atoms with van der Waals surface area (Å²) in [4.78, 5) is 71.9. The van der Waals surface area contributed by atoms with E-state index in [9.17, 15) is 43.2 Å². The van der Waals surface area contributed by atoms with Crippen LogP contribution in [-0.2, 0) is 65.4 Å². The van der Waals surface area contributed by atoms with Gasteiger partial charge in [-0.3, -0.25) is 37.3 Å². The van der Waals surface area contributed by atoms with Crippen molar-refractivity contribution in [3.05, 3.63) is 0 Å². The van der Waals surface area contributed by atoms with E-state index in [0.29, 0.717) is 25.7 Å². The molecule has 0 rings (SSSR count). The molecule has 3 N–H and O–H groups in total. The summed E-state index contributed by atoms with van der Waals surface area (Å²) >= 11 is 0. The van der Waals surface area contributed by atoms with Crippen molar-refractivity contribution in [2.45, 2.75) is 341 Å². The zero-order chi connectivity index (χ0) is 60.5. The van der Waals surface area contributed by atoms with Gasteiger partial charge in [-0.2, -0.15) is 0 Å². The van der Waals surface area contributed by atoms with Crippen molar-refractivity contribution < 1.29 is 80.2 Å². The molecule has 19 heteroatoms. The van der Waals surface area contributed by atoms with Gasteiger partial charge in [0.25, 0.3) is 0 Å². The Bertz CT molecular complexity index is 1590. The highest BCUT2D eigenvalue weighted by molar-refractivity contribution is 7.47. The molecule has 0 bridgehead atoms. The predicted octanol–water partition coefficient (Wildman–Crippen LogP) is 17.5. The molecule has 0 amide bonds. The molecule has 0 fully saturated rings. The number of hydrogen-bond donors (Lipinski definition) is 3. The molecule has 82 heavy (non-hydrogen) atoms. The zero-order valence-corrected chi connectivity index (χ0v) is 54.2. The van der Waals surface area contributed by atoms with Crippen LogP contribution in [0.1, 0.15) is 323 Å². The molecule has 0 radical (unpaired) electrons. The van der Waals surface area contributed by atoms with Gasteiger partial charge < -0.3 is 33.8 Å². The first-order chi connectivity index (χ1) is 39.7. The van der Waals surface area contributed by atoms with E-state index in [2.05, 4.69) is 27.7 Å². The fraction of sp³-hybridized carbons (Fsp3) is 0.937. The number of rotatable bonds is 64. The largest absolute Gasteiger partial charge is 0.472 e. The number of ether oxygens (including phenoxy) is 4. The van der Waals surface area contributed by atoms with Gasteiger partial charge in [-0.1, -0.05) is 272 Å². The first-order valence-corrected chi connectivity index (χ1v) is 36.3. The van der Waals surface area contributed by atoms with E-state index in [1.807, 2.05) is 0 Å². The second-order valence-corrected chi connectivity index (χ2v) is 25.7. The zero-order valence-electron chi connectivity index (χ0n) is 52.5. The molecule has 0 heterocycles. The lowest BCUT2D eigenvalue weighted by molar-refractivity contribution is -0.161. The second-order valence-electron chi connectivity index (χ2n) is 22.8. The van der Waals surface area contributed by atoms with Gasteiger partial charge in [0.1, 0.15) is 19.3 Å². The fourth-order valence-corrected chi connectivity index (χ4v) is 11.0. The van der Waals surface area contributed by atoms with Crippen LogP contribution in [0.15, 0.2) is 0 Å². The van der Waals surface area contributed by atoms with E-state index in [1.165, 1.54) is 148 Å². The Morgan fingerprint density at radius 3 is 0.720 bits per heavy atom. The summed E-state index contributed by atoms with van der Waals surface area (Å²) in [7, 11) is -9.87. The van der Waals surface area contributed by atoms with Gasteiger partial charge in [-0.15, -0.1) is 0 Å². The van der Waals surface area contributed by atoms with Crippen molar-refractivity contribution in [3.8, 4) is 0 Å². The standard InChI is InChI=1S/C63H122O17P2/c1-5-9-13-17-20-23-25-27-28-30-32-35-38-42-46-50-63(68)80-59(54-74-61(66)48-44-40-36-34-31-29-26-24-21-18-14-10-6-2)56-78-82(71,72)76-52-57(64)51-75-81(69,70)77-55-58(53-73-60(65)47-43-39-16-12-8-4)79-62(67)49-45-41-37-33-22-19-15-11-7-3/h57-59,64H,5-56H2,1-4H3,(H,69,70)(H,71,72)/t57-,58+,59+/m0/s1. The maximum atomic E-state index is 13.0. The van der Waals surface area contributed by atoms with Gasteiger partial charge in [0, 0.05) is 25.7 Å². The average Bonchev–Trinajstić information content (AvgIpc) is 3.45. The highest BCUT2D eigenvalue weighted by Gasteiger charge is 2.30. The van der Waals surface area contributed by atoms with Gasteiger partial charge in [-0.25, -0.2) is 9.13 Å². The number of carbonyl (C=O) groups is 4. The van der Waals surface area contributed by atoms with Crippen LogP contribution in [0.5, 0.6) is 0 Å². The highest BCUT2D eigenvalue weighted by Crippen LogP contribution is 2.45. The molecule has 2 unspecified atom stereocenters. The third-order valence-corrected chi connectivity index (χ3v) is 16.5. The van der Waals surface area contributed by atoms with Crippen LogP contribution in [-0.4, -0.2) is 96.7 Å². The number of hydrogen-bond acceptors (Lipinski definition) is 15. The van der Waals surface area contributed by atoms with Crippen LogP contribution in [0.25, 0.3) is 0 Å². The van der Waals surface area contributed by atoms with E-state index in [0.717, 1.165) is 96.3 Å². The van der Waals surface area contributed by atoms with Crippen LogP contribution < -0.4 is 0 Å². The Balaban J connectivity index is 5.16. The SMILES string of the molecule is CCCCCCCCCCCCCCCCCC(=O)O[C@H](COC(=O)CCCCCCCCCCCCCCC)COP(=O)(O)OC[C@@H](O)COP(=O)(O)OC[C@@H](COC(=O)CCCCCCC)OC(=O)CCCCCCCCCCC. The molecule has 0 spiro atoms. The quantitative estimate of drug-likeness (QED) is 0.0222. The van der Waals surface area contributed by atoms with Crippen molar-refractivity contribution >= 4 is 39.5 Å². The lowest BCUT2D eigenvalue weighted by Gasteiger charge is -2.21. The van der Waals surface area contributed by atoms with Crippen molar-refractivity contribution in [3.63, 3.8) is 0 Å². The molecule has 0 aromatic heterocycles. The molecule has 0 aromatic carbocycles. The second kappa shape index (κ2) is 58.1. The van der Waals surface area contributed by atoms with Crippen molar-refractivity contribution in [1.29, 1.82) is 0 Å². The summed E-state index contributed by atoms with van der Waals surface area (Å²) in [5.41, 5.74) is 0. The maximum Gasteiger partial charge on any atom is 0.472 e. The van der Waals surface area contributed by atoms with Gasteiger partial charge in [0.15, 0.2) is 12.2 Å². The van der Waals surface area contributed by atoms with Crippen molar-refractivity contribution in [2.24, 2.45) is 0 Å². The van der Waals surface area contributed by atoms with Crippen LogP contribution >= 0.6 is 15.6 Å². The van der Waals surface area contributed by atoms with E-state index in [-0.39, 0.29) is 25.7 Å². The minimum atomic E-state index is -4.94. The highest BCUT2D eigenvalue weighted by atomic mass is 31.2. The van der Waals surface area contributed by atoms with Crippen molar-refractivity contribution in [2.75, 3.05) is 39.6 Å². The van der Waals surface area contributed by atoms with Gasteiger partial charge in [-0.05, 0) is 25.7 Å². The maximum absolute atomic E-state index is 13.0. The monoisotopic (exact) mass is 1210 g/mol. The summed E-state index contributed by atoms with van der Waals surface area (Å²) in [5.74, 6) is -2.14. The molecule has 486 valence electrons. The van der Waals surface area contributed by atoms with E-state index in [4.69, 9.17) is 37.0 Å². The first kappa shape index (κ1) is 80.1. The third-order valence-electron chi connectivity index (χ3n) is 14.6. The van der Waals surface area contributed by atoms with Gasteiger partial charge >= 0.3 is 39.5 Å². The molecule has 0 aliphatic rings. The predicted molar refractivity (Wildman–Crippen MR) is 326 cm³/mol. The van der Waals surface area contributed by atoms with E-state index >= 15 is 0 Å². The molecule has 0 aliphatic carbocycles. The lowest BCUT2D eigenvalue weighted by Crippen LogP contribution is -2.30. The lowest BCUT2D eigenvalue weighted by atomic mass is 10.0. The summed E-state index contributed by atoms with van der Waals surface area (Å²) in [5, 5.41) is 10.5. The normalized spacial score (nSPS) is 14.2. The number of phosphoric acid groups is 2. The number of aliphatic hydroxyl groups excluding tert-OH is 1. The number of aliphatic hydroxyl groups is 1. The summed E-state index contributed by atoms with van der Waals surface area (Å²) in [6.07, 6.45) is 43.4. The average molecular weight is 1210 g/mol. The molecule has 17 nitrogen and oxygen atoms in total. The van der Waals surface area contributed by atoms with Crippen molar-refractivity contribution in [1.82, 2.24) is 0 Å². The Labute approximate surface area is 498 Å². The van der Waals surface area contributed by atoms with E-state index in [1.54, 1.807) is 0 Å². The Morgan fingerprint density at radius 2 is 0.488 bits per heavy atom. The third kappa shape index (κ3) is 57.2. The summed E-state index contributed by atoms with van der Waals surface area (Å²) < 4.78 is 67.7. The fourth-order valence-electron chi connectivity index (χ4n) is 9.46. The smallest absolute Gasteiger partial charge is 0.462 e. The van der Waals surface area contributed by atoms with Crippen LogP contribution in [0, 0.1) is 0 Å². The molecule has 0 saturated carbocycles. The minimum Gasteiger partial charge on any atom is -0.462 e. The minimum absolute atomic E-state index is 0.105. The van der Waals surface area contributed by atoms with Crippen LogP contribution in [0.4, 0.5) is 0 Å². The van der Waals surface area contributed by atoms with E-state index < -0.39 is 97.5 Å². The summed E-state index contributed by atoms with van der Waals surface area (Å²) in [6.45, 7) is 4.79. The Hall–Kier alpha value is -1.94. The molecule has 0 aromatic rings. The first-order valence-electron chi connectivity index (χ1n) is 33.3. The Morgan fingerprint density at radius 1 is 0.293 bits per heavy atom. The molecule has 0 saturated heterocycles. The molecule has 0 aliphatic heterocycles. The van der Waals surface area contributed by atoms with Crippen LogP contribution in [0.2, 0.25) is 0 Å². The summed E-state index contributed by atoms with van der Waals surface area (Å²) in [6, 6.07) is 0. The number of carbonyl (C=O) groups excluding carboxylic acids is 4. The molecule has 5 atom stereocenters. The number of esters is 4. The number of phosphoric ester groups is 2. The van der Waals surface area contributed by atoms with Crippen LogP contribution in [0.3, 0.4) is 0 Å². The van der Waals surface area contributed by atoms with Gasteiger partial charge in [0.05, 0.1) is 26.4 Å². The number of unbranched alkanes of at least 4 members (excludes halogenated alkanes) is 38. The molecular weight excluding hydrogens is 1090 g/mol. The topological polar surface area (TPSA) is 237 Å². The Kier molecular flexibility index (Phi) is 56.7.